The molecule has 1 saturated heterocycles. The van der Waals surface area contributed by atoms with E-state index in [1.54, 1.807) is 19.1 Å². The van der Waals surface area contributed by atoms with Crippen LogP contribution in [0.1, 0.15) is 35.4 Å². The fourth-order valence-electron chi connectivity index (χ4n) is 1.70. The van der Waals surface area contributed by atoms with Gasteiger partial charge in [-0.1, -0.05) is 12.1 Å². The first-order valence-corrected chi connectivity index (χ1v) is 6.36. The van der Waals surface area contributed by atoms with Crippen molar-refractivity contribution in [2.45, 2.75) is 19.4 Å². The molecule has 5 heteroatoms. The van der Waals surface area contributed by atoms with Crippen LogP contribution in [-0.4, -0.2) is 31.6 Å². The summed E-state index contributed by atoms with van der Waals surface area (Å²) in [5.74, 6) is -0.489. The molecule has 1 aliphatic rings. The van der Waals surface area contributed by atoms with Crippen molar-refractivity contribution in [3.8, 4) is 0 Å². The highest BCUT2D eigenvalue weighted by Crippen LogP contribution is 2.29. The monoisotopic (exact) mass is 263 g/mol. The lowest BCUT2D eigenvalue weighted by Gasteiger charge is -2.05. The van der Waals surface area contributed by atoms with Gasteiger partial charge in [0.25, 0.3) is 5.91 Å². The lowest BCUT2D eigenvalue weighted by molar-refractivity contribution is -0.142. The van der Waals surface area contributed by atoms with Gasteiger partial charge in [0.05, 0.1) is 19.6 Å². The first kappa shape index (κ1) is 13.5. The summed E-state index contributed by atoms with van der Waals surface area (Å²) < 4.78 is 9.93. The summed E-state index contributed by atoms with van der Waals surface area (Å²) in [5, 5.41) is 2.68. The zero-order valence-electron chi connectivity index (χ0n) is 10.8. The van der Waals surface area contributed by atoms with Crippen LogP contribution in [0.4, 0.5) is 0 Å². The van der Waals surface area contributed by atoms with Gasteiger partial charge in [0, 0.05) is 12.1 Å². The number of nitrogens with one attached hydrogen (secondary N) is 1. The van der Waals surface area contributed by atoms with Gasteiger partial charge in [-0.2, -0.15) is 0 Å². The van der Waals surface area contributed by atoms with Crippen LogP contribution in [0.25, 0.3) is 0 Å². The number of carbonyl (C=O) groups excluding carboxylic acids is 2. The van der Waals surface area contributed by atoms with Crippen LogP contribution in [0.5, 0.6) is 0 Å². The molecule has 1 fully saturated rings. The maximum absolute atomic E-state index is 11.8. The number of benzene rings is 1. The largest absolute Gasteiger partial charge is 0.466 e. The Morgan fingerprint density at radius 1 is 1.37 bits per heavy atom. The Morgan fingerprint density at radius 3 is 2.63 bits per heavy atom. The fourth-order valence-corrected chi connectivity index (χ4v) is 1.70. The SMILES string of the molecule is CCOC(=O)CCNC(=O)c1ccc(C2CO2)cc1. The van der Waals surface area contributed by atoms with Crippen molar-refractivity contribution >= 4 is 11.9 Å². The van der Waals surface area contributed by atoms with Gasteiger partial charge in [0.2, 0.25) is 0 Å². The molecule has 0 spiro atoms. The normalized spacial score (nSPS) is 16.8. The van der Waals surface area contributed by atoms with Crippen LogP contribution in [0, 0.1) is 0 Å². The third-order valence-electron chi connectivity index (χ3n) is 2.80. The third-order valence-corrected chi connectivity index (χ3v) is 2.80. The summed E-state index contributed by atoms with van der Waals surface area (Å²) in [6.07, 6.45) is 0.383. The molecular weight excluding hydrogens is 246 g/mol. The van der Waals surface area contributed by atoms with Gasteiger partial charge in [-0.3, -0.25) is 9.59 Å². The summed E-state index contributed by atoms with van der Waals surface area (Å²) in [5.41, 5.74) is 1.66. The van der Waals surface area contributed by atoms with Gasteiger partial charge in [0.1, 0.15) is 6.10 Å². The predicted molar refractivity (Wildman–Crippen MR) is 68.7 cm³/mol. The van der Waals surface area contributed by atoms with E-state index >= 15 is 0 Å². The van der Waals surface area contributed by atoms with Crippen LogP contribution >= 0.6 is 0 Å². The molecule has 1 aliphatic heterocycles. The highest BCUT2D eigenvalue weighted by molar-refractivity contribution is 5.94. The fraction of sp³-hybridized carbons (Fsp3) is 0.429. The molecule has 1 atom stereocenters. The second-order valence-electron chi connectivity index (χ2n) is 4.25. The van der Waals surface area contributed by atoms with Crippen molar-refractivity contribution in [1.82, 2.24) is 5.32 Å². The summed E-state index contributed by atoms with van der Waals surface area (Å²) >= 11 is 0. The Hall–Kier alpha value is -1.88. The van der Waals surface area contributed by atoms with E-state index in [0.717, 1.165) is 12.2 Å². The Balaban J connectivity index is 1.77. The molecule has 1 N–H and O–H groups in total. The number of rotatable bonds is 6. The minimum atomic E-state index is -0.302. The molecule has 0 saturated carbocycles. The van der Waals surface area contributed by atoms with E-state index in [-0.39, 0.29) is 30.9 Å². The molecule has 19 heavy (non-hydrogen) atoms. The molecule has 0 aromatic heterocycles. The van der Waals surface area contributed by atoms with Crippen LogP contribution in [0.15, 0.2) is 24.3 Å². The van der Waals surface area contributed by atoms with E-state index in [1.807, 2.05) is 12.1 Å². The highest BCUT2D eigenvalue weighted by atomic mass is 16.6. The molecule has 2 rings (SSSR count). The standard InChI is InChI=1S/C14H17NO4/c1-2-18-13(16)7-8-15-14(17)11-5-3-10(4-6-11)12-9-19-12/h3-6,12H,2,7-9H2,1H3,(H,15,17). The van der Waals surface area contributed by atoms with Crippen molar-refractivity contribution in [3.05, 3.63) is 35.4 Å². The Morgan fingerprint density at radius 2 is 2.05 bits per heavy atom. The van der Waals surface area contributed by atoms with Crippen LogP contribution in [0.2, 0.25) is 0 Å². The van der Waals surface area contributed by atoms with Crippen molar-refractivity contribution in [1.29, 1.82) is 0 Å². The van der Waals surface area contributed by atoms with Gasteiger partial charge >= 0.3 is 5.97 Å². The molecule has 1 amide bonds. The molecule has 1 heterocycles. The first-order valence-electron chi connectivity index (χ1n) is 6.36. The van der Waals surface area contributed by atoms with Gasteiger partial charge in [-0.15, -0.1) is 0 Å². The molecule has 0 bridgehead atoms. The number of amides is 1. The molecule has 1 aromatic carbocycles. The number of hydrogen-bond acceptors (Lipinski definition) is 4. The predicted octanol–water partition coefficient (Wildman–Crippen LogP) is 1.44. The molecule has 102 valence electrons. The molecule has 1 unspecified atom stereocenters. The van der Waals surface area contributed by atoms with E-state index in [4.69, 9.17) is 9.47 Å². The van der Waals surface area contributed by atoms with Crippen molar-refractivity contribution < 1.29 is 19.1 Å². The summed E-state index contributed by atoms with van der Waals surface area (Å²) in [4.78, 5) is 22.9. The molecule has 5 nitrogen and oxygen atoms in total. The van der Waals surface area contributed by atoms with Crippen molar-refractivity contribution in [2.75, 3.05) is 19.8 Å². The topological polar surface area (TPSA) is 67.9 Å². The molecular formula is C14H17NO4. The van der Waals surface area contributed by atoms with E-state index in [9.17, 15) is 9.59 Å². The maximum Gasteiger partial charge on any atom is 0.307 e. The average molecular weight is 263 g/mol. The number of esters is 1. The third kappa shape index (κ3) is 4.06. The van der Waals surface area contributed by atoms with Crippen LogP contribution in [0.3, 0.4) is 0 Å². The number of epoxide rings is 1. The maximum atomic E-state index is 11.8. The van der Waals surface area contributed by atoms with E-state index < -0.39 is 0 Å². The summed E-state index contributed by atoms with van der Waals surface area (Å²) in [7, 11) is 0. The summed E-state index contributed by atoms with van der Waals surface area (Å²) in [6.45, 7) is 3.15. The second kappa shape index (κ2) is 6.33. The number of ether oxygens (including phenoxy) is 2. The van der Waals surface area contributed by atoms with Gasteiger partial charge in [-0.05, 0) is 24.6 Å². The lowest BCUT2D eigenvalue weighted by atomic mass is 10.1. The van der Waals surface area contributed by atoms with E-state index in [1.165, 1.54) is 0 Å². The zero-order valence-corrected chi connectivity index (χ0v) is 10.8. The second-order valence-corrected chi connectivity index (χ2v) is 4.25. The Labute approximate surface area is 111 Å². The minimum Gasteiger partial charge on any atom is -0.466 e. The zero-order chi connectivity index (χ0) is 13.7. The van der Waals surface area contributed by atoms with Crippen LogP contribution < -0.4 is 5.32 Å². The minimum absolute atomic E-state index is 0.187. The first-order chi connectivity index (χ1) is 9.20. The molecule has 1 aromatic rings. The average Bonchev–Trinajstić information content (AvgIpc) is 3.23. The molecule has 0 radical (unpaired) electrons. The van der Waals surface area contributed by atoms with Gasteiger partial charge in [0.15, 0.2) is 0 Å². The van der Waals surface area contributed by atoms with Gasteiger partial charge < -0.3 is 14.8 Å². The van der Waals surface area contributed by atoms with Crippen molar-refractivity contribution in [2.24, 2.45) is 0 Å². The smallest absolute Gasteiger partial charge is 0.307 e. The number of hydrogen-bond donors (Lipinski definition) is 1. The summed E-state index contributed by atoms with van der Waals surface area (Å²) in [6, 6.07) is 7.29. The van der Waals surface area contributed by atoms with E-state index in [0.29, 0.717) is 12.2 Å². The van der Waals surface area contributed by atoms with Crippen LogP contribution in [-0.2, 0) is 14.3 Å². The lowest BCUT2D eigenvalue weighted by Crippen LogP contribution is -2.26. The van der Waals surface area contributed by atoms with Crippen molar-refractivity contribution in [3.63, 3.8) is 0 Å². The highest BCUT2D eigenvalue weighted by Gasteiger charge is 2.24. The Bertz CT molecular complexity index is 451. The quantitative estimate of drug-likeness (QED) is 0.623. The Kier molecular flexibility index (Phi) is 4.52. The number of carbonyl (C=O) groups is 2. The van der Waals surface area contributed by atoms with E-state index in [2.05, 4.69) is 5.32 Å². The molecule has 0 aliphatic carbocycles. The van der Waals surface area contributed by atoms with Gasteiger partial charge in [-0.25, -0.2) is 0 Å².